The zero-order chi connectivity index (χ0) is 49.9. The Morgan fingerprint density at radius 1 is 0.290 bits per heavy atom. The Morgan fingerprint density at radius 2 is 0.464 bits per heavy atom. The maximum Gasteiger partial charge on any atom is 0.220 e. The van der Waals surface area contributed by atoms with Crippen molar-refractivity contribution in [2.24, 2.45) is 0 Å². The summed E-state index contributed by atoms with van der Waals surface area (Å²) in [6, 6.07) is -0.532. The molecule has 0 aromatic carbocycles. The number of hydrogen-bond acceptors (Lipinski definition) is 3. The van der Waals surface area contributed by atoms with Crippen LogP contribution in [0.1, 0.15) is 393 Å². The van der Waals surface area contributed by atoms with Crippen LogP contribution in [0.4, 0.5) is 0 Å². The van der Waals surface area contributed by atoms with Gasteiger partial charge in [0.25, 0.3) is 0 Å². The first-order valence-corrected chi connectivity index (χ1v) is 32.7. The molecule has 69 heavy (non-hydrogen) atoms. The summed E-state index contributed by atoms with van der Waals surface area (Å²) >= 11 is 0. The second kappa shape index (κ2) is 61.7. The van der Waals surface area contributed by atoms with Gasteiger partial charge in [0.1, 0.15) is 0 Å². The van der Waals surface area contributed by atoms with E-state index < -0.39 is 12.1 Å². The summed E-state index contributed by atoms with van der Waals surface area (Å²) in [6.07, 6.45) is 80.0. The van der Waals surface area contributed by atoms with Gasteiger partial charge in [-0.3, -0.25) is 4.79 Å². The molecule has 0 aliphatic heterocycles. The maximum atomic E-state index is 12.5. The summed E-state index contributed by atoms with van der Waals surface area (Å²) < 4.78 is 0. The Bertz CT molecular complexity index is 925. The zero-order valence-electron chi connectivity index (χ0n) is 47.9. The fraction of sp³-hybridized carbons (Fsp3) is 0.985. The molecule has 4 heteroatoms. The third-order valence-electron chi connectivity index (χ3n) is 15.9. The van der Waals surface area contributed by atoms with Crippen LogP contribution in [0, 0.1) is 0 Å². The van der Waals surface area contributed by atoms with E-state index in [0.29, 0.717) is 12.8 Å². The van der Waals surface area contributed by atoms with Gasteiger partial charge >= 0.3 is 0 Å². The van der Waals surface area contributed by atoms with Crippen LogP contribution in [0.3, 0.4) is 0 Å². The van der Waals surface area contributed by atoms with Crippen molar-refractivity contribution in [3.8, 4) is 0 Å². The fourth-order valence-electron chi connectivity index (χ4n) is 10.9. The Hall–Kier alpha value is -0.610. The lowest BCUT2D eigenvalue weighted by molar-refractivity contribution is -0.123. The molecule has 0 aromatic rings. The number of hydrogen-bond donors (Lipinski definition) is 3. The Labute approximate surface area is 435 Å². The maximum absolute atomic E-state index is 12.5. The van der Waals surface area contributed by atoms with E-state index >= 15 is 0 Å². The molecule has 0 saturated carbocycles. The number of aliphatic hydroxyl groups excluding tert-OH is 2. The summed E-state index contributed by atoms with van der Waals surface area (Å²) in [5, 5.41) is 23.4. The van der Waals surface area contributed by atoms with E-state index in [-0.39, 0.29) is 12.5 Å². The molecule has 0 rings (SSSR count). The van der Waals surface area contributed by atoms with E-state index in [0.717, 1.165) is 25.7 Å². The van der Waals surface area contributed by atoms with Gasteiger partial charge in [-0.25, -0.2) is 0 Å². The van der Waals surface area contributed by atoms with Crippen LogP contribution in [0.25, 0.3) is 0 Å². The number of aliphatic hydroxyl groups is 2. The van der Waals surface area contributed by atoms with Crippen molar-refractivity contribution in [1.82, 2.24) is 5.32 Å². The predicted molar refractivity (Wildman–Crippen MR) is 309 cm³/mol. The highest BCUT2D eigenvalue weighted by Gasteiger charge is 2.20. The molecular formula is C65H131NO3. The second-order valence-corrected chi connectivity index (χ2v) is 22.9. The van der Waals surface area contributed by atoms with Crippen molar-refractivity contribution in [1.29, 1.82) is 0 Å². The topological polar surface area (TPSA) is 69.6 Å². The smallest absolute Gasteiger partial charge is 0.220 e. The van der Waals surface area contributed by atoms with Gasteiger partial charge in [0, 0.05) is 6.42 Å². The SMILES string of the molecule is CCCCCCCCCCCCCCCCCCCCCCCCCCCCCCCCCC(O)C(CO)NC(=O)CCCCCCCCCCCCCCCCCCCCCCCCCCCC. The summed E-state index contributed by atoms with van der Waals surface area (Å²) in [4.78, 5) is 12.5. The van der Waals surface area contributed by atoms with Crippen LogP contribution in [0.2, 0.25) is 0 Å². The molecule has 0 spiro atoms. The molecule has 2 unspecified atom stereocenters. The fourth-order valence-corrected chi connectivity index (χ4v) is 10.9. The Balaban J connectivity index is 3.37. The van der Waals surface area contributed by atoms with E-state index in [9.17, 15) is 15.0 Å². The molecule has 0 heterocycles. The van der Waals surface area contributed by atoms with E-state index in [1.807, 2.05) is 0 Å². The van der Waals surface area contributed by atoms with E-state index in [2.05, 4.69) is 19.2 Å². The van der Waals surface area contributed by atoms with Crippen molar-refractivity contribution >= 4 is 5.91 Å². The number of rotatable bonds is 62. The van der Waals surface area contributed by atoms with E-state index in [1.165, 1.54) is 340 Å². The third kappa shape index (κ3) is 58.2. The lowest BCUT2D eigenvalue weighted by Gasteiger charge is -2.22. The lowest BCUT2D eigenvalue weighted by atomic mass is 10.0. The average molecular weight is 975 g/mol. The third-order valence-corrected chi connectivity index (χ3v) is 15.9. The summed E-state index contributed by atoms with van der Waals surface area (Å²) in [7, 11) is 0. The van der Waals surface area contributed by atoms with Crippen molar-refractivity contribution in [2.45, 2.75) is 405 Å². The van der Waals surface area contributed by atoms with Gasteiger partial charge < -0.3 is 15.5 Å². The van der Waals surface area contributed by atoms with Gasteiger partial charge in [0.15, 0.2) is 0 Å². The molecular weight excluding hydrogens is 843 g/mol. The Morgan fingerprint density at radius 3 is 0.652 bits per heavy atom. The second-order valence-electron chi connectivity index (χ2n) is 22.9. The summed E-state index contributed by atoms with van der Waals surface area (Å²) in [5.74, 6) is -0.0201. The van der Waals surface area contributed by atoms with Crippen molar-refractivity contribution in [3.63, 3.8) is 0 Å². The van der Waals surface area contributed by atoms with Crippen molar-refractivity contribution in [2.75, 3.05) is 6.61 Å². The molecule has 3 N–H and O–H groups in total. The summed E-state index contributed by atoms with van der Waals surface area (Å²) in [5.41, 5.74) is 0. The number of carbonyl (C=O) groups is 1. The molecule has 0 aliphatic rings. The van der Waals surface area contributed by atoms with Crippen molar-refractivity contribution in [3.05, 3.63) is 0 Å². The predicted octanol–water partition coefficient (Wildman–Crippen LogP) is 21.9. The van der Waals surface area contributed by atoms with Crippen LogP contribution < -0.4 is 5.32 Å². The van der Waals surface area contributed by atoms with Gasteiger partial charge in [-0.05, 0) is 12.8 Å². The first-order chi connectivity index (χ1) is 34.2. The molecule has 0 aliphatic carbocycles. The summed E-state index contributed by atoms with van der Waals surface area (Å²) in [6.45, 7) is 4.42. The highest BCUT2D eigenvalue weighted by molar-refractivity contribution is 5.76. The molecule has 0 saturated heterocycles. The minimum atomic E-state index is -0.656. The monoisotopic (exact) mass is 974 g/mol. The molecule has 0 bridgehead atoms. The quantitative estimate of drug-likeness (QED) is 0.0532. The molecule has 0 fully saturated rings. The van der Waals surface area contributed by atoms with Crippen LogP contribution in [-0.2, 0) is 4.79 Å². The first kappa shape index (κ1) is 68.4. The Kier molecular flexibility index (Phi) is 61.1. The molecule has 0 aromatic heterocycles. The molecule has 1 amide bonds. The molecule has 4 nitrogen and oxygen atoms in total. The molecule has 0 radical (unpaired) electrons. The van der Waals surface area contributed by atoms with Gasteiger partial charge in [0.05, 0.1) is 18.8 Å². The van der Waals surface area contributed by atoms with Crippen LogP contribution >= 0.6 is 0 Å². The largest absolute Gasteiger partial charge is 0.394 e. The van der Waals surface area contributed by atoms with E-state index in [4.69, 9.17) is 0 Å². The average Bonchev–Trinajstić information content (AvgIpc) is 3.35. The number of unbranched alkanes of at least 4 members (excludes halogenated alkanes) is 55. The van der Waals surface area contributed by atoms with Crippen molar-refractivity contribution < 1.29 is 15.0 Å². The van der Waals surface area contributed by atoms with Crippen LogP contribution in [0.15, 0.2) is 0 Å². The number of amides is 1. The van der Waals surface area contributed by atoms with Gasteiger partial charge in [-0.15, -0.1) is 0 Å². The molecule has 414 valence electrons. The van der Waals surface area contributed by atoms with Crippen LogP contribution in [-0.4, -0.2) is 34.9 Å². The zero-order valence-corrected chi connectivity index (χ0v) is 47.9. The lowest BCUT2D eigenvalue weighted by Crippen LogP contribution is -2.45. The first-order valence-electron chi connectivity index (χ1n) is 32.7. The van der Waals surface area contributed by atoms with E-state index in [1.54, 1.807) is 0 Å². The highest BCUT2D eigenvalue weighted by atomic mass is 16.3. The minimum absolute atomic E-state index is 0.0201. The number of nitrogens with one attached hydrogen (secondary N) is 1. The standard InChI is InChI=1S/C65H131NO3/c1-3-5-7-9-11-13-15-17-19-21-23-25-27-29-31-32-33-34-35-36-38-40-42-44-46-48-50-52-54-56-58-60-64(68)63(62-67)66-65(69)61-59-57-55-53-51-49-47-45-43-41-39-37-30-28-26-24-22-20-18-16-14-12-10-8-6-4-2/h63-64,67-68H,3-62H2,1-2H3,(H,66,69). The molecule has 2 atom stereocenters. The highest BCUT2D eigenvalue weighted by Crippen LogP contribution is 2.20. The van der Waals surface area contributed by atoms with Gasteiger partial charge in [0.2, 0.25) is 5.91 Å². The minimum Gasteiger partial charge on any atom is -0.394 e. The number of carbonyl (C=O) groups excluding carboxylic acids is 1. The van der Waals surface area contributed by atoms with Crippen LogP contribution in [0.5, 0.6) is 0 Å². The van der Waals surface area contributed by atoms with Gasteiger partial charge in [-0.2, -0.15) is 0 Å². The normalized spacial score (nSPS) is 12.6. The van der Waals surface area contributed by atoms with Gasteiger partial charge in [-0.1, -0.05) is 373 Å².